The van der Waals surface area contributed by atoms with E-state index in [0.717, 1.165) is 12.0 Å². The van der Waals surface area contributed by atoms with Gasteiger partial charge >= 0.3 is 0 Å². The predicted octanol–water partition coefficient (Wildman–Crippen LogP) is 4.71. The number of H-pyrrole nitrogens is 1. The first-order valence-electron chi connectivity index (χ1n) is 8.00. The molecular weight excluding hydrogens is 371 g/mol. The van der Waals surface area contributed by atoms with E-state index in [2.05, 4.69) is 27.6 Å². The number of aromatic amines is 1. The van der Waals surface area contributed by atoms with Crippen LogP contribution in [0.1, 0.15) is 28.5 Å². The molecule has 1 heterocycles. The van der Waals surface area contributed by atoms with Gasteiger partial charge in [0.1, 0.15) is 5.69 Å². The summed E-state index contributed by atoms with van der Waals surface area (Å²) < 4.78 is 0. The second-order valence-electron chi connectivity index (χ2n) is 5.55. The minimum Gasteiger partial charge on any atom is -0.272 e. The summed E-state index contributed by atoms with van der Waals surface area (Å²) in [5.74, 6) is -0.409. The zero-order valence-electron chi connectivity index (χ0n) is 14.0. The largest absolute Gasteiger partial charge is 0.289 e. The van der Waals surface area contributed by atoms with Gasteiger partial charge in [-0.15, -0.1) is 0 Å². The number of hydrazone groups is 1. The molecule has 3 rings (SSSR count). The molecule has 0 unspecified atom stereocenters. The summed E-state index contributed by atoms with van der Waals surface area (Å²) in [5, 5.41) is 11.7. The quantitative estimate of drug-likeness (QED) is 0.492. The van der Waals surface area contributed by atoms with Gasteiger partial charge in [0.25, 0.3) is 5.91 Å². The molecule has 0 bridgehead atoms. The fraction of sp³-hybridized carbons (Fsp3) is 0.105. The number of hydrogen-bond acceptors (Lipinski definition) is 3. The molecule has 5 nitrogen and oxygen atoms in total. The summed E-state index contributed by atoms with van der Waals surface area (Å²) in [7, 11) is 0. The third-order valence-electron chi connectivity index (χ3n) is 3.84. The first-order valence-corrected chi connectivity index (χ1v) is 8.76. The minimum absolute atomic E-state index is 0.307. The predicted molar refractivity (Wildman–Crippen MR) is 105 cm³/mol. The highest BCUT2D eigenvalue weighted by Crippen LogP contribution is 2.22. The number of hydrogen-bond donors (Lipinski definition) is 2. The molecule has 0 radical (unpaired) electrons. The van der Waals surface area contributed by atoms with Gasteiger partial charge in [-0.25, -0.2) is 5.43 Å². The van der Waals surface area contributed by atoms with E-state index < -0.39 is 5.91 Å². The number of aromatic nitrogens is 2. The van der Waals surface area contributed by atoms with Gasteiger partial charge in [0.15, 0.2) is 0 Å². The van der Waals surface area contributed by atoms with E-state index in [1.54, 1.807) is 24.3 Å². The molecule has 1 aromatic heterocycles. The second kappa shape index (κ2) is 8.17. The maximum atomic E-state index is 12.2. The molecule has 0 fully saturated rings. The van der Waals surface area contributed by atoms with Crippen molar-refractivity contribution in [2.75, 3.05) is 0 Å². The normalized spacial score (nSPS) is 11.0. The highest BCUT2D eigenvalue weighted by atomic mass is 35.5. The Labute approximate surface area is 161 Å². The first-order chi connectivity index (χ1) is 12.6. The van der Waals surface area contributed by atoms with Gasteiger partial charge in [-0.2, -0.15) is 10.2 Å². The third kappa shape index (κ3) is 4.12. The van der Waals surface area contributed by atoms with Crippen molar-refractivity contribution in [2.24, 2.45) is 5.10 Å². The molecule has 1 amide bonds. The maximum Gasteiger partial charge on any atom is 0.289 e. The van der Waals surface area contributed by atoms with Crippen molar-refractivity contribution in [3.8, 4) is 11.3 Å². The lowest BCUT2D eigenvalue weighted by Gasteiger charge is -2.00. The van der Waals surface area contributed by atoms with Gasteiger partial charge in [-0.1, -0.05) is 60.5 Å². The second-order valence-corrected chi connectivity index (χ2v) is 6.37. The van der Waals surface area contributed by atoms with Crippen LogP contribution < -0.4 is 5.43 Å². The monoisotopic (exact) mass is 386 g/mol. The number of nitrogens with one attached hydrogen (secondary N) is 2. The van der Waals surface area contributed by atoms with Crippen molar-refractivity contribution in [1.82, 2.24) is 15.6 Å². The van der Waals surface area contributed by atoms with Crippen molar-refractivity contribution in [3.05, 3.63) is 75.4 Å². The Balaban J connectivity index is 1.69. The average molecular weight is 387 g/mol. The SMILES string of the molecule is CCc1ccc(-c2cc(C(=O)N/N=C/c3c(Cl)cccc3Cl)[nH]n2)cc1. The fourth-order valence-corrected chi connectivity index (χ4v) is 2.84. The number of amides is 1. The molecule has 7 heteroatoms. The van der Waals surface area contributed by atoms with Gasteiger partial charge < -0.3 is 0 Å². The third-order valence-corrected chi connectivity index (χ3v) is 4.50. The number of halogens is 2. The minimum atomic E-state index is -0.409. The molecule has 0 aliphatic rings. The molecular formula is C19H16Cl2N4O. The molecule has 0 saturated carbocycles. The zero-order chi connectivity index (χ0) is 18.5. The zero-order valence-corrected chi connectivity index (χ0v) is 15.5. The number of benzene rings is 2. The van der Waals surface area contributed by atoms with Crippen LogP contribution in [0.5, 0.6) is 0 Å². The Bertz CT molecular complexity index is 928. The molecule has 2 N–H and O–H groups in total. The summed E-state index contributed by atoms with van der Waals surface area (Å²) in [4.78, 5) is 12.2. The molecule has 3 aromatic rings. The van der Waals surface area contributed by atoms with Crippen molar-refractivity contribution >= 4 is 35.3 Å². The smallest absolute Gasteiger partial charge is 0.272 e. The summed E-state index contributed by atoms with van der Waals surface area (Å²) in [6, 6.07) is 14.8. The molecule has 0 atom stereocenters. The highest BCUT2D eigenvalue weighted by molar-refractivity contribution is 6.38. The molecule has 0 aliphatic heterocycles. The van der Waals surface area contributed by atoms with E-state index in [-0.39, 0.29) is 0 Å². The number of nitrogens with zero attached hydrogens (tertiary/aromatic N) is 2. The lowest BCUT2D eigenvalue weighted by atomic mass is 10.1. The van der Waals surface area contributed by atoms with Crippen LogP contribution in [0.15, 0.2) is 53.6 Å². The summed E-state index contributed by atoms with van der Waals surface area (Å²) in [6.07, 6.45) is 2.38. The van der Waals surface area contributed by atoms with Gasteiger partial charge in [0, 0.05) is 11.1 Å². The molecule has 0 saturated heterocycles. The van der Waals surface area contributed by atoms with Crippen LogP contribution in [0, 0.1) is 0 Å². The Kier molecular flexibility index (Phi) is 5.71. The van der Waals surface area contributed by atoms with E-state index in [1.807, 2.05) is 24.3 Å². The Morgan fingerprint density at radius 2 is 1.88 bits per heavy atom. The van der Waals surface area contributed by atoms with E-state index in [9.17, 15) is 4.79 Å². The lowest BCUT2D eigenvalue weighted by molar-refractivity contribution is 0.0950. The summed E-state index contributed by atoms with van der Waals surface area (Å²) in [5.41, 5.74) is 6.14. The number of carbonyl (C=O) groups is 1. The standard InChI is InChI=1S/C19H16Cl2N4O/c1-2-12-6-8-13(9-7-12)17-10-18(24-23-17)19(26)25-22-11-14-15(20)4-3-5-16(14)21/h3-11H,2H2,1H3,(H,23,24)(H,25,26)/b22-11+. The molecule has 26 heavy (non-hydrogen) atoms. The molecule has 2 aromatic carbocycles. The van der Waals surface area contributed by atoms with E-state index in [4.69, 9.17) is 23.2 Å². The van der Waals surface area contributed by atoms with Crippen LogP contribution in [0.2, 0.25) is 10.0 Å². The van der Waals surface area contributed by atoms with E-state index in [1.165, 1.54) is 11.8 Å². The summed E-state index contributed by atoms with van der Waals surface area (Å²) in [6.45, 7) is 2.10. The average Bonchev–Trinajstić information content (AvgIpc) is 3.14. The van der Waals surface area contributed by atoms with Crippen LogP contribution in [-0.4, -0.2) is 22.3 Å². The van der Waals surface area contributed by atoms with Crippen LogP contribution in [0.4, 0.5) is 0 Å². The first kappa shape index (κ1) is 18.2. The molecule has 0 spiro atoms. The summed E-state index contributed by atoms with van der Waals surface area (Å²) >= 11 is 12.1. The van der Waals surface area contributed by atoms with Gasteiger partial charge in [0.2, 0.25) is 0 Å². The Hall–Kier alpha value is -2.63. The van der Waals surface area contributed by atoms with Crippen LogP contribution in [0.25, 0.3) is 11.3 Å². The van der Waals surface area contributed by atoms with E-state index in [0.29, 0.717) is 27.0 Å². The van der Waals surface area contributed by atoms with E-state index >= 15 is 0 Å². The topological polar surface area (TPSA) is 70.1 Å². The highest BCUT2D eigenvalue weighted by Gasteiger charge is 2.10. The molecule has 0 aliphatic carbocycles. The fourth-order valence-electron chi connectivity index (χ4n) is 2.35. The number of aryl methyl sites for hydroxylation is 1. The van der Waals surface area contributed by atoms with Crippen LogP contribution in [-0.2, 0) is 6.42 Å². The maximum absolute atomic E-state index is 12.2. The van der Waals surface area contributed by atoms with Crippen molar-refractivity contribution in [3.63, 3.8) is 0 Å². The Morgan fingerprint density at radius 1 is 1.19 bits per heavy atom. The Morgan fingerprint density at radius 3 is 2.54 bits per heavy atom. The van der Waals surface area contributed by atoms with Crippen molar-refractivity contribution in [1.29, 1.82) is 0 Å². The van der Waals surface area contributed by atoms with Gasteiger partial charge in [0.05, 0.1) is 22.0 Å². The number of carbonyl (C=O) groups excluding carboxylic acids is 1. The van der Waals surface area contributed by atoms with Crippen molar-refractivity contribution < 1.29 is 4.79 Å². The van der Waals surface area contributed by atoms with Crippen LogP contribution in [0.3, 0.4) is 0 Å². The van der Waals surface area contributed by atoms with Gasteiger partial charge in [-0.3, -0.25) is 9.89 Å². The lowest BCUT2D eigenvalue weighted by Crippen LogP contribution is -2.18. The van der Waals surface area contributed by atoms with Crippen molar-refractivity contribution in [2.45, 2.75) is 13.3 Å². The van der Waals surface area contributed by atoms with Gasteiger partial charge in [-0.05, 0) is 30.2 Å². The number of rotatable bonds is 5. The van der Waals surface area contributed by atoms with Crippen LogP contribution >= 0.6 is 23.2 Å². The molecule has 132 valence electrons.